The van der Waals surface area contributed by atoms with Gasteiger partial charge >= 0.3 is 0 Å². The van der Waals surface area contributed by atoms with Crippen LogP contribution >= 0.6 is 12.4 Å². The van der Waals surface area contributed by atoms with Crippen LogP contribution in [0.1, 0.15) is 27.6 Å². The van der Waals surface area contributed by atoms with E-state index in [1.165, 1.54) is 24.3 Å². The first-order valence-corrected chi connectivity index (χ1v) is 6.24. The van der Waals surface area contributed by atoms with Gasteiger partial charge in [0.2, 0.25) is 0 Å². The molecule has 0 aromatic heterocycles. The monoisotopic (exact) mass is 321 g/mol. The van der Waals surface area contributed by atoms with Gasteiger partial charge in [-0.3, -0.25) is 4.79 Å². The van der Waals surface area contributed by atoms with E-state index in [1.807, 2.05) is 0 Å². The van der Waals surface area contributed by atoms with Gasteiger partial charge in [0.25, 0.3) is 5.91 Å². The molecule has 5 N–H and O–H groups in total. The molecule has 0 aliphatic heterocycles. The normalized spacial score (nSPS) is 14.5. The number of benzene rings is 2. The molecule has 7 heteroatoms. The van der Waals surface area contributed by atoms with Gasteiger partial charge in [-0.25, -0.2) is 4.39 Å². The smallest absolute Gasteiger partial charge is 0.280 e. The molecule has 1 amide bonds. The number of aliphatic imine (C=N–C) groups is 1. The lowest BCUT2D eigenvalue weighted by atomic mass is 10.0. The molecule has 2 aromatic carbocycles. The van der Waals surface area contributed by atoms with Crippen molar-refractivity contribution in [3.8, 4) is 11.1 Å². The van der Waals surface area contributed by atoms with E-state index in [0.717, 1.165) is 0 Å². The van der Waals surface area contributed by atoms with Crippen LogP contribution in [0.15, 0.2) is 41.4 Å². The van der Waals surface area contributed by atoms with Crippen molar-refractivity contribution in [3.05, 3.63) is 58.9 Å². The first-order valence-electron chi connectivity index (χ1n) is 6.24. The van der Waals surface area contributed by atoms with Gasteiger partial charge in [-0.1, -0.05) is 18.2 Å². The number of carbonyl (C=O) groups is 1. The Balaban J connectivity index is 0.00000176. The number of hydrogen-bond acceptors (Lipinski definition) is 2. The van der Waals surface area contributed by atoms with Crippen molar-refractivity contribution in [2.45, 2.75) is 6.10 Å². The summed E-state index contributed by atoms with van der Waals surface area (Å²) in [4.78, 5) is 15.2. The molecule has 0 heterocycles. The molecule has 0 bridgehead atoms. The molecule has 5 nitrogen and oxygen atoms in total. The Bertz CT molecular complexity index is 788. The molecular weight excluding hydrogens is 309 g/mol. The average molecular weight is 322 g/mol. The Kier molecular flexibility index (Phi) is 4.16. The summed E-state index contributed by atoms with van der Waals surface area (Å²) in [6, 6.07) is 9.09. The first-order chi connectivity index (χ1) is 9.99. The van der Waals surface area contributed by atoms with E-state index in [1.54, 1.807) is 12.1 Å². The van der Waals surface area contributed by atoms with Crippen molar-refractivity contribution in [1.29, 1.82) is 0 Å². The summed E-state index contributed by atoms with van der Waals surface area (Å²) in [6.07, 6.45) is -0.974. The summed E-state index contributed by atoms with van der Waals surface area (Å²) in [5.74, 6) is -1.36. The van der Waals surface area contributed by atoms with E-state index in [-0.39, 0.29) is 23.9 Å². The number of carbonyl (C=O) groups excluding carboxylic acids is 1. The molecule has 0 spiro atoms. The third kappa shape index (κ3) is 2.43. The van der Waals surface area contributed by atoms with Crippen LogP contribution in [0.3, 0.4) is 0 Å². The Labute approximate surface area is 131 Å². The molecule has 1 aliphatic rings. The van der Waals surface area contributed by atoms with Gasteiger partial charge in [-0.05, 0) is 34.9 Å². The van der Waals surface area contributed by atoms with Gasteiger partial charge in [-0.15, -0.1) is 12.4 Å². The molecule has 2 aromatic rings. The third-order valence-corrected chi connectivity index (χ3v) is 3.43. The Morgan fingerprint density at radius 1 is 1.18 bits per heavy atom. The van der Waals surface area contributed by atoms with Gasteiger partial charge in [0.05, 0.1) is 0 Å². The average Bonchev–Trinajstić information content (AvgIpc) is 2.72. The van der Waals surface area contributed by atoms with Crippen molar-refractivity contribution in [1.82, 2.24) is 0 Å². The van der Waals surface area contributed by atoms with E-state index in [9.17, 15) is 14.3 Å². The number of fused-ring (bicyclic) bond motifs is 3. The summed E-state index contributed by atoms with van der Waals surface area (Å²) < 4.78 is 13.9. The Hall–Kier alpha value is -2.44. The summed E-state index contributed by atoms with van der Waals surface area (Å²) in [6.45, 7) is 0. The quantitative estimate of drug-likeness (QED) is 0.550. The highest BCUT2D eigenvalue weighted by molar-refractivity contribution is 6.02. The minimum Gasteiger partial charge on any atom is -0.384 e. The number of nitrogens with zero attached hydrogens (tertiary/aromatic N) is 1. The molecule has 114 valence electrons. The summed E-state index contributed by atoms with van der Waals surface area (Å²) in [5.41, 5.74) is 12.4. The molecule has 1 atom stereocenters. The number of nitrogens with two attached hydrogens (primary N) is 2. The summed E-state index contributed by atoms with van der Waals surface area (Å²) >= 11 is 0. The first kappa shape index (κ1) is 15.9. The highest BCUT2D eigenvalue weighted by Crippen LogP contribution is 2.44. The number of guanidine groups is 1. The van der Waals surface area contributed by atoms with Crippen LogP contribution in [0.2, 0.25) is 0 Å². The second-order valence-electron chi connectivity index (χ2n) is 4.75. The molecule has 0 saturated carbocycles. The van der Waals surface area contributed by atoms with Crippen LogP contribution in [0.25, 0.3) is 11.1 Å². The molecule has 0 fully saturated rings. The fraction of sp³-hybridized carbons (Fsp3) is 0.0667. The van der Waals surface area contributed by atoms with E-state index in [0.29, 0.717) is 22.3 Å². The predicted molar refractivity (Wildman–Crippen MR) is 83.3 cm³/mol. The van der Waals surface area contributed by atoms with Crippen LogP contribution in [-0.4, -0.2) is 17.0 Å². The molecule has 3 rings (SSSR count). The maximum Gasteiger partial charge on any atom is 0.280 e. The Morgan fingerprint density at radius 3 is 2.59 bits per heavy atom. The zero-order chi connectivity index (χ0) is 15.1. The molecule has 1 aliphatic carbocycles. The van der Waals surface area contributed by atoms with Crippen molar-refractivity contribution in [2.24, 2.45) is 16.5 Å². The second-order valence-corrected chi connectivity index (χ2v) is 4.75. The van der Waals surface area contributed by atoms with Crippen molar-refractivity contribution >= 4 is 24.3 Å². The molecule has 1 unspecified atom stereocenters. The lowest BCUT2D eigenvalue weighted by molar-refractivity contribution is 0.100. The molecule has 0 radical (unpaired) electrons. The van der Waals surface area contributed by atoms with Crippen LogP contribution in [0.4, 0.5) is 4.39 Å². The van der Waals surface area contributed by atoms with E-state index < -0.39 is 17.8 Å². The summed E-state index contributed by atoms with van der Waals surface area (Å²) in [5, 5.41) is 10.3. The van der Waals surface area contributed by atoms with E-state index in [4.69, 9.17) is 11.5 Å². The zero-order valence-corrected chi connectivity index (χ0v) is 12.1. The zero-order valence-electron chi connectivity index (χ0n) is 11.3. The van der Waals surface area contributed by atoms with Gasteiger partial charge in [0.1, 0.15) is 11.9 Å². The second kappa shape index (κ2) is 5.75. The fourth-order valence-corrected chi connectivity index (χ4v) is 2.55. The minimum absolute atomic E-state index is 0. The summed E-state index contributed by atoms with van der Waals surface area (Å²) in [7, 11) is 0. The van der Waals surface area contributed by atoms with Gasteiger partial charge in [0.15, 0.2) is 5.96 Å². The van der Waals surface area contributed by atoms with Gasteiger partial charge in [0, 0.05) is 11.1 Å². The number of rotatable bonds is 1. The molecule has 0 saturated heterocycles. The van der Waals surface area contributed by atoms with Gasteiger partial charge in [-0.2, -0.15) is 4.99 Å². The largest absolute Gasteiger partial charge is 0.384 e. The highest BCUT2D eigenvalue weighted by Gasteiger charge is 2.30. The topological polar surface area (TPSA) is 102 Å². The number of aliphatic hydroxyl groups is 1. The van der Waals surface area contributed by atoms with Crippen molar-refractivity contribution < 1.29 is 14.3 Å². The van der Waals surface area contributed by atoms with Crippen molar-refractivity contribution in [2.75, 3.05) is 0 Å². The lowest BCUT2D eigenvalue weighted by Gasteiger charge is -2.06. The molecule has 22 heavy (non-hydrogen) atoms. The lowest BCUT2D eigenvalue weighted by Crippen LogP contribution is -2.24. The van der Waals surface area contributed by atoms with Crippen LogP contribution in [0, 0.1) is 5.82 Å². The number of hydrogen-bond donors (Lipinski definition) is 3. The van der Waals surface area contributed by atoms with Crippen LogP contribution in [-0.2, 0) is 0 Å². The number of halogens is 2. The van der Waals surface area contributed by atoms with E-state index in [2.05, 4.69) is 4.99 Å². The molecular formula is C15H13ClFN3O2. The maximum atomic E-state index is 13.9. The number of amides is 1. The van der Waals surface area contributed by atoms with Crippen LogP contribution < -0.4 is 11.5 Å². The standard InChI is InChI=1S/C15H12FN3O2.ClH/c16-11-3-1-2-9-12(11)8-5-4-7(6-10(8)13(9)20)14(21)19-15(17)18;/h1-6,13,20H,(H4,17,18,19,21);1H. The minimum atomic E-state index is -0.974. The van der Waals surface area contributed by atoms with Crippen molar-refractivity contribution in [3.63, 3.8) is 0 Å². The highest BCUT2D eigenvalue weighted by atomic mass is 35.5. The van der Waals surface area contributed by atoms with Crippen LogP contribution in [0.5, 0.6) is 0 Å². The SMILES string of the molecule is Cl.NC(N)=NC(=O)c1ccc2c(c1)C(O)c1cccc(F)c1-2. The third-order valence-electron chi connectivity index (χ3n) is 3.43. The fourth-order valence-electron chi connectivity index (χ4n) is 2.55. The Morgan fingerprint density at radius 2 is 1.91 bits per heavy atom. The predicted octanol–water partition coefficient (Wildman–Crippen LogP) is 1.72. The maximum absolute atomic E-state index is 13.9. The number of aliphatic hydroxyl groups excluding tert-OH is 1. The van der Waals surface area contributed by atoms with E-state index >= 15 is 0 Å². The van der Waals surface area contributed by atoms with Gasteiger partial charge < -0.3 is 16.6 Å².